The van der Waals surface area contributed by atoms with Crippen LogP contribution in [-0.4, -0.2) is 24.3 Å². The molecule has 0 radical (unpaired) electrons. The summed E-state index contributed by atoms with van der Waals surface area (Å²) >= 11 is 0. The molecule has 0 spiro atoms. The lowest BCUT2D eigenvalue weighted by Gasteiger charge is -2.14. The van der Waals surface area contributed by atoms with Crippen molar-refractivity contribution in [1.29, 1.82) is 0 Å². The van der Waals surface area contributed by atoms with Crippen LogP contribution in [0.1, 0.15) is 27.0 Å². The van der Waals surface area contributed by atoms with E-state index in [2.05, 4.69) is 42.8 Å². The lowest BCUT2D eigenvalue weighted by atomic mass is 9.97. The predicted octanol–water partition coefficient (Wildman–Crippen LogP) is 5.93. The standard InChI is InChI=1S/C25H25NO.ClH/c1-4-17-26(3)18-20-9-11-21(12-10-20)22-13-15-23(16-14-22)25(27)24-8-6-5-7-19(24)2;/h4-16H,1,17-18H2,2-3H3;1H. The zero-order chi connectivity index (χ0) is 19.2. The summed E-state index contributed by atoms with van der Waals surface area (Å²) in [4.78, 5) is 14.9. The number of hydrogen-bond acceptors (Lipinski definition) is 2. The number of rotatable bonds is 7. The van der Waals surface area contributed by atoms with E-state index in [4.69, 9.17) is 0 Å². The maximum absolute atomic E-state index is 12.7. The summed E-state index contributed by atoms with van der Waals surface area (Å²) in [6, 6.07) is 24.1. The van der Waals surface area contributed by atoms with Crippen molar-refractivity contribution in [2.75, 3.05) is 13.6 Å². The fourth-order valence-corrected chi connectivity index (χ4v) is 3.20. The third-order valence-corrected chi connectivity index (χ3v) is 4.72. The van der Waals surface area contributed by atoms with Gasteiger partial charge in [0.1, 0.15) is 0 Å². The van der Waals surface area contributed by atoms with Crippen molar-refractivity contribution in [1.82, 2.24) is 4.90 Å². The Bertz CT molecular complexity index is 930. The topological polar surface area (TPSA) is 20.3 Å². The molecule has 0 aliphatic heterocycles. The van der Waals surface area contributed by atoms with Gasteiger partial charge < -0.3 is 0 Å². The molecule has 0 amide bonds. The van der Waals surface area contributed by atoms with Gasteiger partial charge in [-0.15, -0.1) is 19.0 Å². The number of aryl methyl sites for hydroxylation is 1. The van der Waals surface area contributed by atoms with E-state index in [0.717, 1.165) is 40.9 Å². The molecule has 0 aliphatic carbocycles. The molecule has 0 heterocycles. The van der Waals surface area contributed by atoms with E-state index in [1.165, 1.54) is 5.56 Å². The molecule has 3 heteroatoms. The second-order valence-corrected chi connectivity index (χ2v) is 6.90. The van der Waals surface area contributed by atoms with Crippen molar-refractivity contribution in [3.05, 3.63) is 108 Å². The lowest BCUT2D eigenvalue weighted by molar-refractivity contribution is 0.103. The van der Waals surface area contributed by atoms with Gasteiger partial charge in [-0.05, 0) is 36.2 Å². The first kappa shape index (κ1) is 21.6. The summed E-state index contributed by atoms with van der Waals surface area (Å²) in [5, 5.41) is 0. The quantitative estimate of drug-likeness (QED) is 0.367. The number of carbonyl (C=O) groups is 1. The maximum Gasteiger partial charge on any atom is 0.193 e. The normalized spacial score (nSPS) is 10.4. The molecule has 0 atom stereocenters. The van der Waals surface area contributed by atoms with Crippen LogP contribution in [0.25, 0.3) is 11.1 Å². The number of likely N-dealkylation sites (N-methyl/N-ethyl adjacent to an activating group) is 1. The number of halogens is 1. The minimum atomic E-state index is 0. The molecular weight excluding hydrogens is 366 g/mol. The SMILES string of the molecule is C=CCN(C)Cc1ccc(-c2ccc(C(=O)c3ccccc3C)cc2)cc1.Cl. The molecular formula is C25H26ClNO. The highest BCUT2D eigenvalue weighted by Gasteiger charge is 2.11. The van der Waals surface area contributed by atoms with Gasteiger partial charge in [-0.2, -0.15) is 0 Å². The Morgan fingerprint density at radius 1 is 0.929 bits per heavy atom. The average molecular weight is 392 g/mol. The van der Waals surface area contributed by atoms with Crippen molar-refractivity contribution >= 4 is 18.2 Å². The number of hydrogen-bond donors (Lipinski definition) is 0. The Labute approximate surface area is 173 Å². The minimum absolute atomic E-state index is 0. The van der Waals surface area contributed by atoms with E-state index in [1.807, 2.05) is 61.5 Å². The van der Waals surface area contributed by atoms with Gasteiger partial charge >= 0.3 is 0 Å². The predicted molar refractivity (Wildman–Crippen MR) is 120 cm³/mol. The van der Waals surface area contributed by atoms with Crippen molar-refractivity contribution in [2.45, 2.75) is 13.5 Å². The number of carbonyl (C=O) groups excluding carboxylic acids is 1. The largest absolute Gasteiger partial charge is 0.298 e. The van der Waals surface area contributed by atoms with Crippen LogP contribution in [0.2, 0.25) is 0 Å². The average Bonchev–Trinajstić information content (AvgIpc) is 2.69. The highest BCUT2D eigenvalue weighted by atomic mass is 35.5. The van der Waals surface area contributed by atoms with Crippen LogP contribution in [0, 0.1) is 6.92 Å². The summed E-state index contributed by atoms with van der Waals surface area (Å²) in [6.07, 6.45) is 1.91. The van der Waals surface area contributed by atoms with E-state index in [1.54, 1.807) is 0 Å². The summed E-state index contributed by atoms with van der Waals surface area (Å²) < 4.78 is 0. The van der Waals surface area contributed by atoms with Crippen molar-refractivity contribution < 1.29 is 4.79 Å². The molecule has 0 saturated heterocycles. The number of nitrogens with zero attached hydrogens (tertiary/aromatic N) is 1. The maximum atomic E-state index is 12.7. The Hall–Kier alpha value is -2.68. The number of benzene rings is 3. The van der Waals surface area contributed by atoms with Crippen LogP contribution in [0.5, 0.6) is 0 Å². The molecule has 3 aromatic carbocycles. The highest BCUT2D eigenvalue weighted by Crippen LogP contribution is 2.22. The zero-order valence-corrected chi connectivity index (χ0v) is 17.2. The molecule has 0 fully saturated rings. The van der Waals surface area contributed by atoms with E-state index >= 15 is 0 Å². The van der Waals surface area contributed by atoms with E-state index in [9.17, 15) is 4.79 Å². The fourth-order valence-electron chi connectivity index (χ4n) is 3.20. The van der Waals surface area contributed by atoms with Crippen LogP contribution in [0.4, 0.5) is 0 Å². The van der Waals surface area contributed by atoms with Crippen LogP contribution < -0.4 is 0 Å². The summed E-state index contributed by atoms with van der Waals surface area (Å²) in [5.41, 5.74) is 6.02. The molecule has 0 aliphatic rings. The van der Waals surface area contributed by atoms with Gasteiger partial charge in [0.2, 0.25) is 0 Å². The molecule has 0 saturated carbocycles. The molecule has 0 N–H and O–H groups in total. The molecule has 2 nitrogen and oxygen atoms in total. The van der Waals surface area contributed by atoms with Gasteiger partial charge in [-0.25, -0.2) is 0 Å². The summed E-state index contributed by atoms with van der Waals surface area (Å²) in [6.45, 7) is 7.51. The first-order chi connectivity index (χ1) is 13.1. The van der Waals surface area contributed by atoms with Crippen LogP contribution >= 0.6 is 12.4 Å². The third kappa shape index (κ3) is 5.19. The Balaban J connectivity index is 0.00000280. The van der Waals surface area contributed by atoms with Gasteiger partial charge in [0, 0.05) is 24.2 Å². The second-order valence-electron chi connectivity index (χ2n) is 6.90. The summed E-state index contributed by atoms with van der Waals surface area (Å²) in [7, 11) is 2.08. The van der Waals surface area contributed by atoms with Crippen molar-refractivity contribution in [3.8, 4) is 11.1 Å². The molecule has 0 bridgehead atoms. The summed E-state index contributed by atoms with van der Waals surface area (Å²) in [5.74, 6) is 0.0697. The monoisotopic (exact) mass is 391 g/mol. The van der Waals surface area contributed by atoms with Crippen LogP contribution in [-0.2, 0) is 6.54 Å². The van der Waals surface area contributed by atoms with Gasteiger partial charge in [-0.3, -0.25) is 9.69 Å². The zero-order valence-electron chi connectivity index (χ0n) is 16.4. The third-order valence-electron chi connectivity index (χ3n) is 4.72. The molecule has 0 aromatic heterocycles. The first-order valence-corrected chi connectivity index (χ1v) is 9.17. The van der Waals surface area contributed by atoms with Crippen LogP contribution in [0.3, 0.4) is 0 Å². The second kappa shape index (κ2) is 10.0. The Morgan fingerprint density at radius 3 is 2.07 bits per heavy atom. The van der Waals surface area contributed by atoms with Crippen molar-refractivity contribution in [3.63, 3.8) is 0 Å². The minimum Gasteiger partial charge on any atom is -0.298 e. The smallest absolute Gasteiger partial charge is 0.193 e. The van der Waals surface area contributed by atoms with E-state index in [0.29, 0.717) is 0 Å². The van der Waals surface area contributed by atoms with Gasteiger partial charge in [0.25, 0.3) is 0 Å². The van der Waals surface area contributed by atoms with Gasteiger partial charge in [0.05, 0.1) is 0 Å². The van der Waals surface area contributed by atoms with E-state index in [-0.39, 0.29) is 18.2 Å². The van der Waals surface area contributed by atoms with Gasteiger partial charge in [-0.1, -0.05) is 78.9 Å². The Kier molecular flexibility index (Phi) is 7.74. The van der Waals surface area contributed by atoms with Gasteiger partial charge in [0.15, 0.2) is 5.78 Å². The molecule has 0 unspecified atom stereocenters. The van der Waals surface area contributed by atoms with E-state index < -0.39 is 0 Å². The van der Waals surface area contributed by atoms with Crippen LogP contribution in [0.15, 0.2) is 85.5 Å². The molecule has 28 heavy (non-hydrogen) atoms. The van der Waals surface area contributed by atoms with Crippen molar-refractivity contribution in [2.24, 2.45) is 0 Å². The lowest BCUT2D eigenvalue weighted by Crippen LogP contribution is -2.17. The Morgan fingerprint density at radius 2 is 1.50 bits per heavy atom. The first-order valence-electron chi connectivity index (χ1n) is 9.17. The molecule has 144 valence electrons. The molecule has 3 aromatic rings. The highest BCUT2D eigenvalue weighted by molar-refractivity contribution is 6.10. The fraction of sp³-hybridized carbons (Fsp3) is 0.160. The number of ketones is 1. The molecule has 3 rings (SSSR count).